The normalized spacial score (nSPS) is 15.8. The number of benzene rings is 2. The zero-order valence-corrected chi connectivity index (χ0v) is 19.4. The Balaban J connectivity index is 0.00000131. The number of nitrogens with zero attached hydrogens (tertiary/aromatic N) is 1. The minimum absolute atomic E-state index is 0. The number of aromatic nitrogens is 1. The number of pyridine rings is 1. The standard InChI is InChI=1S/C18H10NO5S.2Na/c20-17-12-7-6-11(25(22,23)24)9-13(12)18(21)16(17)15-8-5-10-3-1-2-4-14(10)19-15;;/h1,3-9,16H,(H,22,23,24);;/q-1;2*+1/p-1. The molecule has 0 spiro atoms. The number of carbonyl (C=O) groups excluding carboxylic acids is 2. The average molecular weight is 397 g/mol. The fraction of sp³-hybridized carbons (Fsp3) is 0.0556. The molecule has 0 N–H and O–H groups in total. The van der Waals surface area contributed by atoms with Crippen molar-refractivity contribution in [3.63, 3.8) is 0 Å². The zero-order chi connectivity index (χ0) is 17.8. The Morgan fingerprint density at radius 1 is 0.963 bits per heavy atom. The fourth-order valence-electron chi connectivity index (χ4n) is 2.98. The summed E-state index contributed by atoms with van der Waals surface area (Å²) < 4.78 is 33.5. The summed E-state index contributed by atoms with van der Waals surface area (Å²) in [5.74, 6) is -2.15. The van der Waals surface area contributed by atoms with Gasteiger partial charge in [0, 0.05) is 16.8 Å². The van der Waals surface area contributed by atoms with Crippen LogP contribution in [0.15, 0.2) is 53.4 Å². The molecule has 1 aromatic heterocycles. The van der Waals surface area contributed by atoms with Crippen molar-refractivity contribution in [3.8, 4) is 0 Å². The van der Waals surface area contributed by atoms with Crippen LogP contribution in [-0.2, 0) is 10.1 Å². The maximum Gasteiger partial charge on any atom is 1.00 e. The summed E-state index contributed by atoms with van der Waals surface area (Å²) in [6.45, 7) is 0. The summed E-state index contributed by atoms with van der Waals surface area (Å²) in [5.41, 5.74) is 0.918. The molecule has 0 bridgehead atoms. The van der Waals surface area contributed by atoms with Crippen molar-refractivity contribution in [2.75, 3.05) is 0 Å². The molecule has 0 fully saturated rings. The summed E-state index contributed by atoms with van der Waals surface area (Å²) in [6, 6.07) is 14.6. The van der Waals surface area contributed by atoms with Crippen LogP contribution in [0.4, 0.5) is 0 Å². The fourth-order valence-corrected chi connectivity index (χ4v) is 3.48. The number of carbonyl (C=O) groups is 2. The van der Waals surface area contributed by atoms with E-state index in [1.54, 1.807) is 24.3 Å². The van der Waals surface area contributed by atoms with Crippen LogP contribution in [-0.4, -0.2) is 29.5 Å². The second-order valence-electron chi connectivity index (χ2n) is 5.68. The van der Waals surface area contributed by atoms with E-state index in [1.807, 2.05) is 6.07 Å². The summed E-state index contributed by atoms with van der Waals surface area (Å²) >= 11 is 0. The van der Waals surface area contributed by atoms with Crippen LogP contribution in [0.1, 0.15) is 32.3 Å². The van der Waals surface area contributed by atoms with E-state index < -0.39 is 32.5 Å². The Bertz CT molecular complexity index is 1180. The molecule has 4 rings (SSSR count). The Kier molecular flexibility index (Phi) is 6.82. The van der Waals surface area contributed by atoms with E-state index in [9.17, 15) is 22.6 Å². The first-order valence-electron chi connectivity index (χ1n) is 7.31. The van der Waals surface area contributed by atoms with Crippen molar-refractivity contribution in [1.82, 2.24) is 4.98 Å². The van der Waals surface area contributed by atoms with Crippen molar-refractivity contribution in [2.24, 2.45) is 0 Å². The molecular formula is C18H9NNa2O5S. The van der Waals surface area contributed by atoms with E-state index in [4.69, 9.17) is 0 Å². The van der Waals surface area contributed by atoms with Gasteiger partial charge >= 0.3 is 59.1 Å². The molecule has 124 valence electrons. The third kappa shape index (κ3) is 3.97. The summed E-state index contributed by atoms with van der Waals surface area (Å²) in [5, 5.41) is 0.845. The van der Waals surface area contributed by atoms with Gasteiger partial charge in [0.05, 0.1) is 4.90 Å². The van der Waals surface area contributed by atoms with Gasteiger partial charge in [-0.15, -0.1) is 5.39 Å². The minimum Gasteiger partial charge on any atom is -0.744 e. The quantitative estimate of drug-likeness (QED) is 0.190. The van der Waals surface area contributed by atoms with Crippen molar-refractivity contribution < 1.29 is 81.7 Å². The van der Waals surface area contributed by atoms with Crippen LogP contribution in [0.25, 0.3) is 10.9 Å². The molecule has 2 aromatic carbocycles. The van der Waals surface area contributed by atoms with E-state index in [-0.39, 0.29) is 75.9 Å². The van der Waals surface area contributed by atoms with Gasteiger partial charge in [-0.25, -0.2) is 8.42 Å². The molecule has 0 saturated carbocycles. The van der Waals surface area contributed by atoms with E-state index in [0.29, 0.717) is 5.52 Å². The predicted octanol–water partition coefficient (Wildman–Crippen LogP) is -3.89. The third-order valence-electron chi connectivity index (χ3n) is 4.19. The van der Waals surface area contributed by atoms with Crippen LogP contribution >= 0.6 is 0 Å². The Morgan fingerprint density at radius 2 is 1.67 bits per heavy atom. The zero-order valence-electron chi connectivity index (χ0n) is 14.6. The Morgan fingerprint density at radius 3 is 2.37 bits per heavy atom. The Labute approximate surface area is 199 Å². The maximum absolute atomic E-state index is 12.7. The molecule has 27 heavy (non-hydrogen) atoms. The van der Waals surface area contributed by atoms with Crippen LogP contribution in [0.3, 0.4) is 0 Å². The monoisotopic (exact) mass is 397 g/mol. The second kappa shape index (κ2) is 8.23. The largest absolute Gasteiger partial charge is 1.00 e. The van der Waals surface area contributed by atoms with E-state index in [2.05, 4.69) is 11.1 Å². The molecule has 1 atom stereocenters. The van der Waals surface area contributed by atoms with Crippen molar-refractivity contribution in [1.29, 1.82) is 0 Å². The van der Waals surface area contributed by atoms with Gasteiger partial charge in [0.1, 0.15) is 16.0 Å². The van der Waals surface area contributed by atoms with Crippen molar-refractivity contribution >= 4 is 32.6 Å². The molecule has 3 aromatic rings. The molecule has 0 saturated heterocycles. The van der Waals surface area contributed by atoms with Gasteiger partial charge in [-0.05, 0) is 29.8 Å². The molecule has 0 aliphatic heterocycles. The van der Waals surface area contributed by atoms with Crippen LogP contribution in [0.2, 0.25) is 0 Å². The molecule has 1 aliphatic rings. The SMILES string of the molecule is O=C1c2ccc(S(=O)(=O)[O-])cc2C(=O)C1c1ccc2cc[c-]cc2n1.[Na+].[Na+]. The number of Topliss-reactive ketones (excluding diaryl/α,β-unsaturated/α-hetero) is 2. The van der Waals surface area contributed by atoms with Gasteiger partial charge < -0.3 is 9.54 Å². The molecule has 1 aliphatic carbocycles. The summed E-state index contributed by atoms with van der Waals surface area (Å²) in [7, 11) is -4.71. The first-order chi connectivity index (χ1) is 11.9. The third-order valence-corrected chi connectivity index (χ3v) is 5.02. The van der Waals surface area contributed by atoms with Gasteiger partial charge in [-0.3, -0.25) is 9.59 Å². The van der Waals surface area contributed by atoms with Crippen molar-refractivity contribution in [2.45, 2.75) is 10.8 Å². The van der Waals surface area contributed by atoms with Gasteiger partial charge in [-0.2, -0.15) is 24.3 Å². The van der Waals surface area contributed by atoms with Crippen LogP contribution in [0, 0.1) is 6.07 Å². The average Bonchev–Trinajstić information content (AvgIpc) is 2.84. The van der Waals surface area contributed by atoms with Crippen LogP contribution in [0.5, 0.6) is 0 Å². The van der Waals surface area contributed by atoms with Gasteiger partial charge in [0.15, 0.2) is 11.6 Å². The molecule has 1 heterocycles. The van der Waals surface area contributed by atoms with Gasteiger partial charge in [-0.1, -0.05) is 6.07 Å². The van der Waals surface area contributed by atoms with E-state index in [1.165, 1.54) is 6.07 Å². The van der Waals surface area contributed by atoms with Gasteiger partial charge in [0.25, 0.3) is 0 Å². The van der Waals surface area contributed by atoms with Gasteiger partial charge in [0.2, 0.25) is 0 Å². The Hall–Kier alpha value is -0.900. The second-order valence-corrected chi connectivity index (χ2v) is 7.06. The number of ketones is 2. The smallest absolute Gasteiger partial charge is 0.744 e. The molecule has 9 heteroatoms. The number of hydrogen-bond acceptors (Lipinski definition) is 6. The number of rotatable bonds is 2. The topological polar surface area (TPSA) is 104 Å². The molecule has 0 radical (unpaired) electrons. The molecule has 6 nitrogen and oxygen atoms in total. The number of hydrogen-bond donors (Lipinski definition) is 0. The van der Waals surface area contributed by atoms with E-state index in [0.717, 1.165) is 17.5 Å². The molecule has 0 amide bonds. The first kappa shape index (κ1) is 22.4. The van der Waals surface area contributed by atoms with E-state index >= 15 is 0 Å². The first-order valence-corrected chi connectivity index (χ1v) is 8.72. The minimum atomic E-state index is -4.71. The maximum atomic E-state index is 12.7. The molecule has 1 unspecified atom stereocenters. The summed E-state index contributed by atoms with van der Waals surface area (Å²) in [4.78, 5) is 29.1. The summed E-state index contributed by atoms with van der Waals surface area (Å²) in [6.07, 6.45) is 0. The molecular weight excluding hydrogens is 388 g/mol. The predicted molar refractivity (Wildman–Crippen MR) is 86.4 cm³/mol. The van der Waals surface area contributed by atoms with Crippen LogP contribution < -0.4 is 59.1 Å². The van der Waals surface area contributed by atoms with Crippen molar-refractivity contribution in [3.05, 3.63) is 71.4 Å². The number of fused-ring (bicyclic) bond motifs is 2.